The third kappa shape index (κ3) is 5.86. The minimum absolute atomic E-state index is 0.0777. The van der Waals surface area contributed by atoms with Crippen LogP contribution in [0.25, 0.3) is 0 Å². The van der Waals surface area contributed by atoms with Gasteiger partial charge in [-0.3, -0.25) is 4.79 Å². The summed E-state index contributed by atoms with van der Waals surface area (Å²) < 4.78 is 28.1. The standard InChI is InChI=1S/C19H24N2O4S/c1-14-4-3-5-18(15(14)2)25-13-11-19(22)21-12-10-16-6-8-17(9-7-16)26(20,23)24/h3-9H,10-13H2,1-2H3,(H,21,22)(H2,20,23,24). The van der Waals surface area contributed by atoms with Gasteiger partial charge in [0.2, 0.25) is 15.9 Å². The molecular weight excluding hydrogens is 352 g/mol. The van der Waals surface area contributed by atoms with E-state index in [4.69, 9.17) is 9.88 Å². The highest BCUT2D eigenvalue weighted by Gasteiger charge is 2.07. The van der Waals surface area contributed by atoms with Gasteiger partial charge in [0.25, 0.3) is 0 Å². The Balaban J connectivity index is 1.71. The smallest absolute Gasteiger partial charge is 0.238 e. The zero-order valence-corrected chi connectivity index (χ0v) is 15.8. The molecule has 0 unspecified atom stereocenters. The van der Waals surface area contributed by atoms with Crippen LogP contribution in [0.4, 0.5) is 0 Å². The Bertz CT molecular complexity index is 862. The number of ether oxygens (including phenoxy) is 1. The zero-order valence-electron chi connectivity index (χ0n) is 15.0. The molecule has 1 amide bonds. The first kappa shape index (κ1) is 19.9. The van der Waals surface area contributed by atoms with Crippen LogP contribution in [-0.4, -0.2) is 27.5 Å². The van der Waals surface area contributed by atoms with Gasteiger partial charge in [-0.2, -0.15) is 0 Å². The van der Waals surface area contributed by atoms with E-state index < -0.39 is 10.0 Å². The summed E-state index contributed by atoms with van der Waals surface area (Å²) in [7, 11) is -3.68. The van der Waals surface area contributed by atoms with E-state index in [0.717, 1.165) is 22.4 Å². The average Bonchev–Trinajstić information content (AvgIpc) is 2.58. The van der Waals surface area contributed by atoms with Crippen molar-refractivity contribution in [3.8, 4) is 5.75 Å². The predicted octanol–water partition coefficient (Wildman–Crippen LogP) is 2.08. The number of aryl methyl sites for hydroxylation is 1. The van der Waals surface area contributed by atoms with Crippen LogP contribution in [0.1, 0.15) is 23.1 Å². The maximum Gasteiger partial charge on any atom is 0.238 e. The molecule has 0 aliphatic heterocycles. The summed E-state index contributed by atoms with van der Waals surface area (Å²) in [5, 5.41) is 7.88. The second-order valence-electron chi connectivity index (χ2n) is 6.09. The fourth-order valence-electron chi connectivity index (χ4n) is 2.41. The number of rotatable bonds is 8. The van der Waals surface area contributed by atoms with Crippen LogP contribution < -0.4 is 15.2 Å². The van der Waals surface area contributed by atoms with Gasteiger partial charge in [0.1, 0.15) is 5.75 Å². The van der Waals surface area contributed by atoms with E-state index in [1.165, 1.54) is 12.1 Å². The number of benzene rings is 2. The summed E-state index contributed by atoms with van der Waals surface area (Å²) in [5.74, 6) is 0.712. The molecule has 0 spiro atoms. The van der Waals surface area contributed by atoms with Crippen molar-refractivity contribution in [1.29, 1.82) is 0 Å². The number of carbonyl (C=O) groups excluding carboxylic acids is 1. The van der Waals surface area contributed by atoms with E-state index in [1.807, 2.05) is 32.0 Å². The molecule has 0 aromatic heterocycles. The Morgan fingerprint density at radius 1 is 1.12 bits per heavy atom. The molecule has 0 atom stereocenters. The van der Waals surface area contributed by atoms with E-state index in [1.54, 1.807) is 12.1 Å². The Morgan fingerprint density at radius 3 is 2.46 bits per heavy atom. The van der Waals surface area contributed by atoms with Crippen molar-refractivity contribution in [2.24, 2.45) is 5.14 Å². The summed E-state index contributed by atoms with van der Waals surface area (Å²) in [6.07, 6.45) is 0.881. The summed E-state index contributed by atoms with van der Waals surface area (Å²) in [6.45, 7) is 4.80. The van der Waals surface area contributed by atoms with E-state index in [2.05, 4.69) is 5.32 Å². The number of hydrogen-bond donors (Lipinski definition) is 2. The van der Waals surface area contributed by atoms with Crippen LogP contribution in [0, 0.1) is 13.8 Å². The molecule has 0 radical (unpaired) electrons. The Labute approximate surface area is 154 Å². The highest BCUT2D eigenvalue weighted by molar-refractivity contribution is 7.89. The van der Waals surface area contributed by atoms with Crippen molar-refractivity contribution < 1.29 is 17.9 Å². The van der Waals surface area contributed by atoms with Crippen LogP contribution in [0.5, 0.6) is 5.75 Å². The van der Waals surface area contributed by atoms with E-state index in [0.29, 0.717) is 19.6 Å². The molecular formula is C19H24N2O4S. The SMILES string of the molecule is Cc1cccc(OCCC(=O)NCCc2ccc(S(N)(=O)=O)cc2)c1C. The number of nitrogens with two attached hydrogens (primary N) is 1. The van der Waals surface area contributed by atoms with Crippen molar-refractivity contribution >= 4 is 15.9 Å². The lowest BCUT2D eigenvalue weighted by Crippen LogP contribution is -2.27. The summed E-state index contributed by atoms with van der Waals surface area (Å²) in [4.78, 5) is 12.0. The quantitative estimate of drug-likeness (QED) is 0.737. The fourth-order valence-corrected chi connectivity index (χ4v) is 2.93. The molecule has 6 nitrogen and oxygen atoms in total. The molecule has 0 bridgehead atoms. The van der Waals surface area contributed by atoms with Crippen LogP contribution in [0.15, 0.2) is 47.4 Å². The normalized spacial score (nSPS) is 11.2. The topological polar surface area (TPSA) is 98.5 Å². The Hall–Kier alpha value is -2.38. The molecule has 7 heteroatoms. The third-order valence-corrected chi connectivity index (χ3v) is 5.06. The number of nitrogens with one attached hydrogen (secondary N) is 1. The maximum atomic E-state index is 11.9. The first-order valence-electron chi connectivity index (χ1n) is 8.35. The lowest BCUT2D eigenvalue weighted by molar-refractivity contribution is -0.121. The van der Waals surface area contributed by atoms with Gasteiger partial charge in [0.05, 0.1) is 17.9 Å². The zero-order chi connectivity index (χ0) is 19.2. The average molecular weight is 376 g/mol. The van der Waals surface area contributed by atoms with Gasteiger partial charge in [0.15, 0.2) is 0 Å². The molecule has 2 aromatic rings. The molecule has 0 fully saturated rings. The second-order valence-corrected chi connectivity index (χ2v) is 7.65. The number of carbonyl (C=O) groups is 1. The molecule has 0 heterocycles. The number of primary sulfonamides is 1. The summed E-state index contributed by atoms with van der Waals surface area (Å²) >= 11 is 0. The van der Waals surface area contributed by atoms with Crippen molar-refractivity contribution in [1.82, 2.24) is 5.32 Å². The number of hydrogen-bond acceptors (Lipinski definition) is 4. The van der Waals surface area contributed by atoms with Crippen molar-refractivity contribution in [3.63, 3.8) is 0 Å². The van der Waals surface area contributed by atoms with Gasteiger partial charge < -0.3 is 10.1 Å². The highest BCUT2D eigenvalue weighted by Crippen LogP contribution is 2.20. The lowest BCUT2D eigenvalue weighted by Gasteiger charge is -2.11. The van der Waals surface area contributed by atoms with Crippen molar-refractivity contribution in [2.75, 3.05) is 13.2 Å². The van der Waals surface area contributed by atoms with Crippen LogP contribution >= 0.6 is 0 Å². The van der Waals surface area contributed by atoms with E-state index in [9.17, 15) is 13.2 Å². The summed E-state index contributed by atoms with van der Waals surface area (Å²) in [5.41, 5.74) is 3.15. The highest BCUT2D eigenvalue weighted by atomic mass is 32.2. The fraction of sp³-hybridized carbons (Fsp3) is 0.316. The monoisotopic (exact) mass is 376 g/mol. The molecule has 140 valence electrons. The van der Waals surface area contributed by atoms with Crippen LogP contribution in [-0.2, 0) is 21.2 Å². The molecule has 0 saturated carbocycles. The van der Waals surface area contributed by atoms with Gasteiger partial charge in [-0.15, -0.1) is 0 Å². The van der Waals surface area contributed by atoms with Gasteiger partial charge in [-0.1, -0.05) is 24.3 Å². The number of amides is 1. The molecule has 0 aliphatic rings. The second kappa shape index (κ2) is 8.82. The molecule has 26 heavy (non-hydrogen) atoms. The summed E-state index contributed by atoms with van der Waals surface area (Å²) in [6, 6.07) is 12.1. The molecule has 3 N–H and O–H groups in total. The first-order chi connectivity index (χ1) is 12.3. The third-order valence-electron chi connectivity index (χ3n) is 4.13. The van der Waals surface area contributed by atoms with Crippen molar-refractivity contribution in [2.45, 2.75) is 31.6 Å². The van der Waals surface area contributed by atoms with Gasteiger partial charge >= 0.3 is 0 Å². The molecule has 2 aromatic carbocycles. The molecule has 0 aliphatic carbocycles. The van der Waals surface area contributed by atoms with Gasteiger partial charge in [-0.05, 0) is 55.2 Å². The maximum absolute atomic E-state index is 11.9. The number of sulfonamides is 1. The Morgan fingerprint density at radius 2 is 1.81 bits per heavy atom. The molecule has 0 saturated heterocycles. The Kier molecular flexibility index (Phi) is 6.76. The van der Waals surface area contributed by atoms with Gasteiger partial charge in [-0.25, -0.2) is 13.6 Å². The minimum Gasteiger partial charge on any atom is -0.493 e. The predicted molar refractivity (Wildman–Crippen MR) is 101 cm³/mol. The molecule has 2 rings (SSSR count). The minimum atomic E-state index is -3.68. The first-order valence-corrected chi connectivity index (χ1v) is 9.89. The largest absolute Gasteiger partial charge is 0.493 e. The van der Waals surface area contributed by atoms with E-state index in [-0.39, 0.29) is 17.2 Å². The van der Waals surface area contributed by atoms with Gasteiger partial charge in [0, 0.05) is 6.54 Å². The van der Waals surface area contributed by atoms with E-state index >= 15 is 0 Å². The van der Waals surface area contributed by atoms with Crippen LogP contribution in [0.2, 0.25) is 0 Å². The lowest BCUT2D eigenvalue weighted by atomic mass is 10.1. The van der Waals surface area contributed by atoms with Crippen LogP contribution in [0.3, 0.4) is 0 Å². The van der Waals surface area contributed by atoms with Crippen molar-refractivity contribution in [3.05, 3.63) is 59.2 Å².